The third-order valence-corrected chi connectivity index (χ3v) is 8.42. The number of halogens is 6. The van der Waals surface area contributed by atoms with Gasteiger partial charge in [-0.2, -0.15) is 27.1 Å². The Morgan fingerprint density at radius 3 is 2.15 bits per heavy atom. The first-order valence-electron chi connectivity index (χ1n) is 15.2. The molecule has 1 fully saturated rings. The van der Waals surface area contributed by atoms with Crippen LogP contribution in [0.15, 0.2) is 53.0 Å². The molecule has 3 amide bonds. The number of anilines is 1. The third-order valence-electron chi connectivity index (χ3n) is 7.89. The fourth-order valence-electron chi connectivity index (χ4n) is 5.41. The van der Waals surface area contributed by atoms with E-state index in [1.807, 2.05) is 0 Å². The maximum absolute atomic E-state index is 14.2. The summed E-state index contributed by atoms with van der Waals surface area (Å²) in [6.07, 6.45) is -4.10. The number of carbonyl (C=O) groups is 3. The van der Waals surface area contributed by atoms with Crippen molar-refractivity contribution in [2.75, 3.05) is 11.4 Å². The highest BCUT2D eigenvalue weighted by molar-refractivity contribution is 9.10. The first-order valence-corrected chi connectivity index (χ1v) is 16.0. The number of aromatic amines is 1. The van der Waals surface area contributed by atoms with E-state index in [2.05, 4.69) is 31.3 Å². The number of nitrogens with one attached hydrogen (secondary N) is 2. The van der Waals surface area contributed by atoms with Crippen LogP contribution in [0.2, 0.25) is 0 Å². The van der Waals surface area contributed by atoms with Crippen molar-refractivity contribution >= 4 is 39.5 Å². The molecule has 1 heterocycles. The van der Waals surface area contributed by atoms with Gasteiger partial charge in [-0.05, 0) is 94.3 Å². The molecule has 1 aromatic heterocycles. The van der Waals surface area contributed by atoms with E-state index in [0.29, 0.717) is 32.2 Å². The van der Waals surface area contributed by atoms with Gasteiger partial charge >= 0.3 is 18.2 Å². The summed E-state index contributed by atoms with van der Waals surface area (Å²) in [5.41, 5.74) is 6.31. The molecule has 0 bridgehead atoms. The molecule has 260 valence electrons. The first kappa shape index (κ1) is 36.8. The number of nitrogens with two attached hydrogens (primary N) is 1. The number of amides is 3. The second-order valence-electron chi connectivity index (χ2n) is 12.7. The highest BCUT2D eigenvalue weighted by Crippen LogP contribution is 2.42. The molecule has 2 aromatic carbocycles. The SMILES string of the molecule is CC(C)(C)OC(=O)NCC1CCC(C(=O)N(c2ccc(-c3n[nH]c(C(F)(F)C(F)(F)F)n3)cc2)[C@@H](Cc2ccc(Br)cc2)C(N)=O)CC1. The van der Waals surface area contributed by atoms with Crippen molar-refractivity contribution in [2.45, 2.75) is 76.6 Å². The molecule has 0 spiro atoms. The van der Waals surface area contributed by atoms with Crippen LogP contribution in [-0.4, -0.2) is 57.5 Å². The van der Waals surface area contributed by atoms with Crippen LogP contribution in [0.5, 0.6) is 0 Å². The normalized spacial score (nSPS) is 17.8. The van der Waals surface area contributed by atoms with Crippen LogP contribution in [0, 0.1) is 11.8 Å². The van der Waals surface area contributed by atoms with Gasteiger partial charge in [-0.3, -0.25) is 19.6 Å². The topological polar surface area (TPSA) is 143 Å². The number of aromatic nitrogens is 3. The molecule has 48 heavy (non-hydrogen) atoms. The minimum absolute atomic E-state index is 0.0854. The number of primary amides is 1. The number of H-pyrrole nitrogens is 1. The van der Waals surface area contributed by atoms with Crippen molar-refractivity contribution in [2.24, 2.45) is 17.6 Å². The molecular weight excluding hydrogens is 707 g/mol. The predicted molar refractivity (Wildman–Crippen MR) is 170 cm³/mol. The molecule has 1 saturated carbocycles. The second kappa shape index (κ2) is 14.6. The lowest BCUT2D eigenvalue weighted by Crippen LogP contribution is -2.52. The predicted octanol–water partition coefficient (Wildman–Crippen LogP) is 6.65. The van der Waals surface area contributed by atoms with E-state index in [4.69, 9.17) is 10.5 Å². The van der Waals surface area contributed by atoms with Crippen LogP contribution in [0.4, 0.5) is 32.4 Å². The van der Waals surface area contributed by atoms with Crippen LogP contribution in [0.1, 0.15) is 57.8 Å². The Morgan fingerprint density at radius 2 is 1.60 bits per heavy atom. The molecule has 3 aromatic rings. The molecule has 0 unspecified atom stereocenters. The summed E-state index contributed by atoms with van der Waals surface area (Å²) in [5.74, 6) is -8.81. The summed E-state index contributed by atoms with van der Waals surface area (Å²) in [5, 5.41) is 7.94. The average Bonchev–Trinajstić information content (AvgIpc) is 3.51. The Bertz CT molecular complexity index is 1580. The summed E-state index contributed by atoms with van der Waals surface area (Å²) in [7, 11) is 0. The lowest BCUT2D eigenvalue weighted by molar-refractivity contribution is -0.292. The Kier molecular flexibility index (Phi) is 11.2. The summed E-state index contributed by atoms with van der Waals surface area (Å²) in [6.45, 7) is 5.68. The Labute approximate surface area is 282 Å². The number of ether oxygens (including phenoxy) is 1. The number of alkyl carbamates (subject to hydrolysis) is 1. The van der Waals surface area contributed by atoms with E-state index in [9.17, 15) is 36.3 Å². The standard InChI is InChI=1S/C32H36BrF5N6O4/c1-30(2,3)48-29(47)40-17-19-4-8-21(9-5-19)27(46)44(24(25(39)45)16-18-6-12-22(33)13-7-18)23-14-10-20(11-15-23)26-41-28(43-42-26)31(34,35)32(36,37)38/h6-7,10-15,19,21,24H,4-5,8-9,16-17H2,1-3H3,(H2,39,45)(H,40,47)(H,41,42,43)/t19?,21?,24-/m0/s1. The molecule has 16 heteroatoms. The Balaban J connectivity index is 1.57. The highest BCUT2D eigenvalue weighted by Gasteiger charge is 2.61. The van der Waals surface area contributed by atoms with Gasteiger partial charge in [0.05, 0.1) is 0 Å². The number of hydrogen-bond acceptors (Lipinski definition) is 6. The molecule has 4 rings (SSSR count). The highest BCUT2D eigenvalue weighted by atomic mass is 79.9. The monoisotopic (exact) mass is 742 g/mol. The minimum Gasteiger partial charge on any atom is -0.444 e. The van der Waals surface area contributed by atoms with Crippen LogP contribution < -0.4 is 16.0 Å². The van der Waals surface area contributed by atoms with Crippen molar-refractivity contribution in [1.82, 2.24) is 20.5 Å². The van der Waals surface area contributed by atoms with Crippen molar-refractivity contribution < 1.29 is 41.1 Å². The zero-order valence-corrected chi connectivity index (χ0v) is 28.0. The number of carbonyl (C=O) groups excluding carboxylic acids is 3. The number of hydrogen-bond donors (Lipinski definition) is 3. The van der Waals surface area contributed by atoms with E-state index >= 15 is 0 Å². The summed E-state index contributed by atoms with van der Waals surface area (Å²) in [6, 6.07) is 11.6. The summed E-state index contributed by atoms with van der Waals surface area (Å²) < 4.78 is 72.1. The van der Waals surface area contributed by atoms with Gasteiger partial charge in [0.1, 0.15) is 11.6 Å². The van der Waals surface area contributed by atoms with E-state index in [-0.39, 0.29) is 29.5 Å². The zero-order valence-electron chi connectivity index (χ0n) is 26.4. The van der Waals surface area contributed by atoms with Crippen LogP contribution >= 0.6 is 15.9 Å². The average molecular weight is 744 g/mol. The Hall–Kier alpha value is -4.08. The number of nitrogens with zero attached hydrogens (tertiary/aromatic N) is 3. The fourth-order valence-corrected chi connectivity index (χ4v) is 5.68. The van der Waals surface area contributed by atoms with Gasteiger partial charge in [0.25, 0.3) is 0 Å². The second-order valence-corrected chi connectivity index (χ2v) is 13.6. The zero-order chi connectivity index (χ0) is 35.4. The maximum Gasteiger partial charge on any atom is 0.461 e. The number of benzene rings is 2. The quantitative estimate of drug-likeness (QED) is 0.199. The largest absolute Gasteiger partial charge is 0.461 e. The van der Waals surface area contributed by atoms with Gasteiger partial charge in [-0.1, -0.05) is 28.1 Å². The van der Waals surface area contributed by atoms with E-state index in [0.717, 1.165) is 10.0 Å². The van der Waals surface area contributed by atoms with Crippen molar-refractivity contribution in [3.05, 3.63) is 64.4 Å². The fraction of sp³-hybridized carbons (Fsp3) is 0.469. The van der Waals surface area contributed by atoms with Gasteiger partial charge in [0.2, 0.25) is 17.6 Å². The molecular formula is C32H36BrF5N6O4. The summed E-state index contributed by atoms with van der Waals surface area (Å²) >= 11 is 3.37. The van der Waals surface area contributed by atoms with Crippen molar-refractivity contribution in [3.8, 4) is 11.4 Å². The number of alkyl halides is 5. The molecule has 1 atom stereocenters. The molecule has 4 N–H and O–H groups in total. The maximum atomic E-state index is 14.2. The smallest absolute Gasteiger partial charge is 0.444 e. The molecule has 10 nitrogen and oxygen atoms in total. The van der Waals surface area contributed by atoms with Crippen LogP contribution in [0.25, 0.3) is 11.4 Å². The van der Waals surface area contributed by atoms with Gasteiger partial charge in [-0.15, -0.1) is 0 Å². The van der Waals surface area contributed by atoms with Gasteiger partial charge < -0.3 is 15.8 Å². The molecule has 1 aliphatic carbocycles. The Morgan fingerprint density at radius 1 is 1.00 bits per heavy atom. The number of rotatable bonds is 10. The van der Waals surface area contributed by atoms with Crippen LogP contribution in [-0.2, 0) is 26.7 Å². The van der Waals surface area contributed by atoms with Crippen molar-refractivity contribution in [1.29, 1.82) is 0 Å². The first-order chi connectivity index (χ1) is 22.4. The lowest BCUT2D eigenvalue weighted by atomic mass is 9.81. The van der Waals surface area contributed by atoms with E-state index in [1.165, 1.54) is 29.2 Å². The van der Waals surface area contributed by atoms with Gasteiger partial charge in [-0.25, -0.2) is 9.78 Å². The van der Waals surface area contributed by atoms with E-state index in [1.54, 1.807) is 50.1 Å². The van der Waals surface area contributed by atoms with Gasteiger partial charge in [0.15, 0.2) is 5.82 Å². The molecule has 0 saturated heterocycles. The minimum atomic E-state index is -5.87. The van der Waals surface area contributed by atoms with Crippen molar-refractivity contribution in [3.63, 3.8) is 0 Å². The van der Waals surface area contributed by atoms with E-state index < -0.39 is 53.3 Å². The molecule has 1 aliphatic rings. The summed E-state index contributed by atoms with van der Waals surface area (Å²) in [4.78, 5) is 43.9. The third kappa shape index (κ3) is 9.08. The lowest BCUT2D eigenvalue weighted by Gasteiger charge is -2.36. The van der Waals surface area contributed by atoms with Gasteiger partial charge in [0, 0.05) is 34.6 Å². The molecule has 0 radical (unpaired) electrons. The van der Waals surface area contributed by atoms with Crippen LogP contribution in [0.3, 0.4) is 0 Å². The molecule has 0 aliphatic heterocycles.